The zero-order valence-electron chi connectivity index (χ0n) is 15.1. The van der Waals surface area contributed by atoms with Crippen LogP contribution in [0.5, 0.6) is 11.5 Å². The van der Waals surface area contributed by atoms with Crippen molar-refractivity contribution < 1.29 is 19.0 Å². The predicted octanol–water partition coefficient (Wildman–Crippen LogP) is 3.46. The number of hydrogen-bond donors (Lipinski definition) is 0. The molecule has 0 fully saturated rings. The molecular weight excluding hydrogens is 330 g/mol. The number of aryl methyl sites for hydroxylation is 1. The van der Waals surface area contributed by atoms with E-state index in [0.717, 1.165) is 30.8 Å². The molecule has 0 N–H and O–H groups in total. The Bertz CT molecular complexity index is 714. The third kappa shape index (κ3) is 4.76. The highest BCUT2D eigenvalue weighted by Crippen LogP contribution is 2.27. The Balaban J connectivity index is 1.50. The van der Waals surface area contributed by atoms with Crippen LogP contribution in [0.2, 0.25) is 0 Å². The molecule has 5 heteroatoms. The molecule has 1 heterocycles. The van der Waals surface area contributed by atoms with Crippen LogP contribution in [-0.2, 0) is 16.0 Å². The normalized spacial score (nSPS) is 13.2. The Morgan fingerprint density at radius 1 is 1.00 bits per heavy atom. The van der Waals surface area contributed by atoms with Crippen molar-refractivity contribution in [1.82, 2.24) is 0 Å². The van der Waals surface area contributed by atoms with E-state index in [1.54, 1.807) is 0 Å². The minimum Gasteiger partial charge on any atom is -0.491 e. The van der Waals surface area contributed by atoms with Gasteiger partial charge in [0.2, 0.25) is 0 Å². The molecule has 1 aliphatic heterocycles. The summed E-state index contributed by atoms with van der Waals surface area (Å²) < 4.78 is 16.5. The molecule has 0 radical (unpaired) electrons. The number of amides is 1. The highest BCUT2D eigenvalue weighted by Gasteiger charge is 2.22. The van der Waals surface area contributed by atoms with Crippen LogP contribution in [0.15, 0.2) is 48.5 Å². The SMILES string of the molecule is CCOCCOc1ccc(OCC(=O)N2CCCc3ccccc32)cc1. The maximum absolute atomic E-state index is 12.6. The van der Waals surface area contributed by atoms with E-state index >= 15 is 0 Å². The summed E-state index contributed by atoms with van der Waals surface area (Å²) in [4.78, 5) is 14.4. The molecule has 0 bridgehead atoms. The molecule has 0 aromatic heterocycles. The quantitative estimate of drug-likeness (QED) is 0.681. The van der Waals surface area contributed by atoms with E-state index in [0.29, 0.717) is 25.6 Å². The van der Waals surface area contributed by atoms with Crippen molar-refractivity contribution in [2.75, 3.05) is 37.9 Å². The molecule has 0 aliphatic carbocycles. The molecule has 0 atom stereocenters. The zero-order chi connectivity index (χ0) is 18.2. The lowest BCUT2D eigenvalue weighted by molar-refractivity contribution is -0.120. The van der Waals surface area contributed by atoms with Gasteiger partial charge in [-0.1, -0.05) is 18.2 Å². The number of carbonyl (C=O) groups excluding carboxylic acids is 1. The summed E-state index contributed by atoms with van der Waals surface area (Å²) >= 11 is 0. The maximum Gasteiger partial charge on any atom is 0.264 e. The van der Waals surface area contributed by atoms with Gasteiger partial charge in [-0.05, 0) is 55.7 Å². The van der Waals surface area contributed by atoms with Crippen molar-refractivity contribution in [2.24, 2.45) is 0 Å². The molecule has 0 saturated carbocycles. The largest absolute Gasteiger partial charge is 0.491 e. The summed E-state index contributed by atoms with van der Waals surface area (Å²) in [5, 5.41) is 0. The van der Waals surface area contributed by atoms with Crippen LogP contribution in [0.3, 0.4) is 0 Å². The minimum absolute atomic E-state index is 0.0193. The van der Waals surface area contributed by atoms with Crippen molar-refractivity contribution >= 4 is 11.6 Å². The average Bonchev–Trinajstić information content (AvgIpc) is 2.70. The van der Waals surface area contributed by atoms with E-state index in [4.69, 9.17) is 14.2 Å². The zero-order valence-corrected chi connectivity index (χ0v) is 15.1. The van der Waals surface area contributed by atoms with Crippen LogP contribution in [-0.4, -0.2) is 38.9 Å². The van der Waals surface area contributed by atoms with Gasteiger partial charge in [0.05, 0.1) is 6.61 Å². The van der Waals surface area contributed by atoms with Gasteiger partial charge in [-0.3, -0.25) is 4.79 Å². The first-order valence-corrected chi connectivity index (χ1v) is 9.09. The second-order valence-corrected chi connectivity index (χ2v) is 6.08. The van der Waals surface area contributed by atoms with Crippen molar-refractivity contribution in [3.63, 3.8) is 0 Å². The summed E-state index contributed by atoms with van der Waals surface area (Å²) in [5.41, 5.74) is 2.23. The first-order chi connectivity index (χ1) is 12.8. The lowest BCUT2D eigenvalue weighted by Crippen LogP contribution is -2.38. The van der Waals surface area contributed by atoms with Crippen molar-refractivity contribution in [3.05, 3.63) is 54.1 Å². The van der Waals surface area contributed by atoms with Crippen LogP contribution in [0.4, 0.5) is 5.69 Å². The third-order valence-corrected chi connectivity index (χ3v) is 4.30. The molecule has 1 aliphatic rings. The lowest BCUT2D eigenvalue weighted by atomic mass is 10.0. The van der Waals surface area contributed by atoms with Crippen LogP contribution >= 0.6 is 0 Å². The lowest BCUT2D eigenvalue weighted by Gasteiger charge is -2.29. The Labute approximate surface area is 154 Å². The van der Waals surface area contributed by atoms with Gasteiger partial charge in [-0.2, -0.15) is 0 Å². The molecule has 0 saturated heterocycles. The number of anilines is 1. The van der Waals surface area contributed by atoms with Crippen LogP contribution in [0.1, 0.15) is 18.9 Å². The summed E-state index contributed by atoms with van der Waals surface area (Å²) in [5.74, 6) is 1.39. The van der Waals surface area contributed by atoms with E-state index in [1.165, 1.54) is 5.56 Å². The molecule has 2 aromatic rings. The Morgan fingerprint density at radius 3 is 2.50 bits per heavy atom. The van der Waals surface area contributed by atoms with Crippen molar-refractivity contribution in [2.45, 2.75) is 19.8 Å². The highest BCUT2D eigenvalue weighted by atomic mass is 16.5. The molecule has 3 rings (SSSR count). The average molecular weight is 355 g/mol. The van der Waals surface area contributed by atoms with Crippen molar-refractivity contribution in [1.29, 1.82) is 0 Å². The summed E-state index contributed by atoms with van der Waals surface area (Å²) in [7, 11) is 0. The number of nitrogens with zero attached hydrogens (tertiary/aromatic N) is 1. The molecule has 2 aromatic carbocycles. The number of fused-ring (bicyclic) bond motifs is 1. The number of hydrogen-bond acceptors (Lipinski definition) is 4. The Hall–Kier alpha value is -2.53. The van der Waals surface area contributed by atoms with E-state index in [9.17, 15) is 4.79 Å². The van der Waals surface area contributed by atoms with E-state index in [2.05, 4.69) is 6.07 Å². The molecule has 1 amide bonds. The van der Waals surface area contributed by atoms with E-state index in [-0.39, 0.29) is 12.5 Å². The van der Waals surface area contributed by atoms with Crippen LogP contribution in [0.25, 0.3) is 0 Å². The van der Waals surface area contributed by atoms with Gasteiger partial charge in [0, 0.05) is 18.8 Å². The fourth-order valence-electron chi connectivity index (χ4n) is 3.01. The molecule has 0 unspecified atom stereocenters. The van der Waals surface area contributed by atoms with Gasteiger partial charge in [0.15, 0.2) is 6.61 Å². The number of benzene rings is 2. The first-order valence-electron chi connectivity index (χ1n) is 9.09. The number of ether oxygens (including phenoxy) is 3. The van der Waals surface area contributed by atoms with Crippen LogP contribution < -0.4 is 14.4 Å². The smallest absolute Gasteiger partial charge is 0.264 e. The fourth-order valence-corrected chi connectivity index (χ4v) is 3.01. The molecule has 5 nitrogen and oxygen atoms in total. The number of rotatable bonds is 8. The molecule has 26 heavy (non-hydrogen) atoms. The molecular formula is C21H25NO4. The van der Waals surface area contributed by atoms with Gasteiger partial charge >= 0.3 is 0 Å². The molecule has 0 spiro atoms. The maximum atomic E-state index is 12.6. The summed E-state index contributed by atoms with van der Waals surface area (Å²) in [6, 6.07) is 15.4. The first kappa shape index (κ1) is 18.3. The number of carbonyl (C=O) groups is 1. The standard InChI is InChI=1S/C21H25NO4/c1-2-24-14-15-25-18-9-11-19(12-10-18)26-16-21(23)22-13-5-7-17-6-3-4-8-20(17)22/h3-4,6,8-12H,2,5,7,13-16H2,1H3. The number of para-hydroxylation sites is 1. The Morgan fingerprint density at radius 2 is 1.73 bits per heavy atom. The minimum atomic E-state index is -0.0193. The molecule has 138 valence electrons. The second kappa shape index (κ2) is 9.25. The second-order valence-electron chi connectivity index (χ2n) is 6.08. The van der Waals surface area contributed by atoms with Gasteiger partial charge in [-0.25, -0.2) is 0 Å². The highest BCUT2D eigenvalue weighted by molar-refractivity contribution is 5.95. The monoisotopic (exact) mass is 355 g/mol. The van der Waals surface area contributed by atoms with Gasteiger partial charge < -0.3 is 19.1 Å². The van der Waals surface area contributed by atoms with Gasteiger partial charge in [0.1, 0.15) is 18.1 Å². The summed E-state index contributed by atoms with van der Waals surface area (Å²) in [6.45, 7) is 4.49. The fraction of sp³-hybridized carbons (Fsp3) is 0.381. The van der Waals surface area contributed by atoms with Gasteiger partial charge in [0.25, 0.3) is 5.91 Å². The van der Waals surface area contributed by atoms with Crippen molar-refractivity contribution in [3.8, 4) is 11.5 Å². The van der Waals surface area contributed by atoms with E-state index in [1.807, 2.05) is 54.3 Å². The summed E-state index contributed by atoms with van der Waals surface area (Å²) in [6.07, 6.45) is 2.00. The Kier molecular flexibility index (Phi) is 6.50. The van der Waals surface area contributed by atoms with Crippen LogP contribution in [0, 0.1) is 0 Å². The predicted molar refractivity (Wildman–Crippen MR) is 101 cm³/mol. The van der Waals surface area contributed by atoms with Gasteiger partial charge in [-0.15, -0.1) is 0 Å². The van der Waals surface area contributed by atoms with E-state index < -0.39 is 0 Å². The topological polar surface area (TPSA) is 48.0 Å². The third-order valence-electron chi connectivity index (χ3n) is 4.30.